The van der Waals surface area contributed by atoms with Gasteiger partial charge in [-0.25, -0.2) is 9.18 Å². The van der Waals surface area contributed by atoms with Gasteiger partial charge in [-0.05, 0) is 18.2 Å². The molecule has 6 heteroatoms. The summed E-state index contributed by atoms with van der Waals surface area (Å²) in [4.78, 5) is 24.6. The average molecular weight is 242 g/mol. The molecule has 0 saturated carbocycles. The number of aromatic amines is 1. The Labute approximate surface area is 93.3 Å². The van der Waals surface area contributed by atoms with E-state index in [-0.39, 0.29) is 16.5 Å². The van der Waals surface area contributed by atoms with Crippen LogP contribution in [0, 0.1) is 5.82 Å². The maximum absolute atomic E-state index is 13.0. The zero-order valence-electron chi connectivity index (χ0n) is 7.75. The number of benzene rings is 1. The van der Waals surface area contributed by atoms with Gasteiger partial charge in [0.25, 0.3) is 5.56 Å². The molecular formula is C10H5ClFNO3. The second-order valence-corrected chi connectivity index (χ2v) is 3.52. The lowest BCUT2D eigenvalue weighted by Gasteiger charge is -2.04. The van der Waals surface area contributed by atoms with Crippen molar-refractivity contribution in [2.24, 2.45) is 0 Å². The van der Waals surface area contributed by atoms with E-state index >= 15 is 0 Å². The minimum Gasteiger partial charge on any atom is -0.478 e. The molecule has 2 N–H and O–H groups in total. The number of carboxylic acid groups (broad SMARTS) is 1. The number of hydrogen-bond donors (Lipinski definition) is 2. The van der Waals surface area contributed by atoms with Gasteiger partial charge >= 0.3 is 5.97 Å². The van der Waals surface area contributed by atoms with E-state index in [2.05, 4.69) is 4.98 Å². The summed E-state index contributed by atoms with van der Waals surface area (Å²) < 4.78 is 13.0. The van der Waals surface area contributed by atoms with Gasteiger partial charge in [0.15, 0.2) is 0 Å². The molecule has 0 saturated heterocycles. The quantitative estimate of drug-likeness (QED) is 0.802. The van der Waals surface area contributed by atoms with E-state index in [9.17, 15) is 14.0 Å². The van der Waals surface area contributed by atoms with E-state index in [0.29, 0.717) is 0 Å². The first kappa shape index (κ1) is 10.6. The third-order valence-corrected chi connectivity index (χ3v) is 2.49. The molecular weight excluding hydrogens is 237 g/mol. The van der Waals surface area contributed by atoms with Crippen molar-refractivity contribution in [1.82, 2.24) is 4.98 Å². The molecule has 0 aliphatic rings. The van der Waals surface area contributed by atoms with E-state index < -0.39 is 22.4 Å². The van der Waals surface area contributed by atoms with E-state index in [1.807, 2.05) is 0 Å². The monoisotopic (exact) mass is 241 g/mol. The number of hydrogen-bond acceptors (Lipinski definition) is 2. The summed E-state index contributed by atoms with van der Waals surface area (Å²) in [6, 6.07) is 3.42. The molecule has 0 spiro atoms. The van der Waals surface area contributed by atoms with Crippen LogP contribution in [-0.4, -0.2) is 16.1 Å². The highest BCUT2D eigenvalue weighted by Crippen LogP contribution is 2.22. The Bertz CT molecular complexity index is 650. The highest BCUT2D eigenvalue weighted by Gasteiger charge is 2.17. The number of aromatic carboxylic acids is 1. The Hall–Kier alpha value is -1.88. The molecule has 0 fully saturated rings. The highest BCUT2D eigenvalue weighted by atomic mass is 35.5. The van der Waals surface area contributed by atoms with Crippen molar-refractivity contribution in [3.05, 3.63) is 45.0 Å². The summed E-state index contributed by atoms with van der Waals surface area (Å²) in [5, 5.41) is 8.53. The molecule has 2 rings (SSSR count). The van der Waals surface area contributed by atoms with E-state index in [4.69, 9.17) is 16.7 Å². The van der Waals surface area contributed by atoms with Crippen LogP contribution in [0.15, 0.2) is 23.0 Å². The molecule has 0 aliphatic carbocycles. The zero-order chi connectivity index (χ0) is 11.9. The van der Waals surface area contributed by atoms with Crippen molar-refractivity contribution < 1.29 is 14.3 Å². The second kappa shape index (κ2) is 3.61. The Morgan fingerprint density at radius 1 is 1.44 bits per heavy atom. The minimum absolute atomic E-state index is 0.0668. The normalized spacial score (nSPS) is 10.6. The highest BCUT2D eigenvalue weighted by molar-refractivity contribution is 6.34. The Morgan fingerprint density at radius 2 is 2.12 bits per heavy atom. The molecule has 0 aliphatic heterocycles. The standard InChI is InChI=1S/C10H5ClFNO3/c11-8-7(10(15)16)5-3-4(12)1-2-6(5)13-9(8)14/h1-3H,(H,13,14)(H,15,16). The van der Waals surface area contributed by atoms with Crippen molar-refractivity contribution in [3.63, 3.8) is 0 Å². The fourth-order valence-electron chi connectivity index (χ4n) is 1.45. The molecule has 2 aromatic rings. The number of halogens is 2. The summed E-state index contributed by atoms with van der Waals surface area (Å²) in [6.45, 7) is 0. The number of nitrogens with one attached hydrogen (secondary N) is 1. The van der Waals surface area contributed by atoms with Gasteiger partial charge in [0.2, 0.25) is 0 Å². The van der Waals surface area contributed by atoms with Gasteiger partial charge in [-0.15, -0.1) is 0 Å². The van der Waals surface area contributed by atoms with E-state index in [1.54, 1.807) is 0 Å². The van der Waals surface area contributed by atoms with Crippen LogP contribution in [0.25, 0.3) is 10.9 Å². The molecule has 0 amide bonds. The van der Waals surface area contributed by atoms with E-state index in [0.717, 1.165) is 12.1 Å². The van der Waals surface area contributed by atoms with Crippen LogP contribution in [0.3, 0.4) is 0 Å². The fourth-order valence-corrected chi connectivity index (χ4v) is 1.68. The number of aromatic nitrogens is 1. The number of fused-ring (bicyclic) bond motifs is 1. The molecule has 0 unspecified atom stereocenters. The van der Waals surface area contributed by atoms with Crippen molar-refractivity contribution >= 4 is 28.5 Å². The van der Waals surface area contributed by atoms with Crippen LogP contribution >= 0.6 is 11.6 Å². The Morgan fingerprint density at radius 3 is 2.75 bits per heavy atom. The molecule has 82 valence electrons. The Kier molecular flexibility index (Phi) is 2.40. The van der Waals surface area contributed by atoms with Crippen LogP contribution < -0.4 is 5.56 Å². The number of carboxylic acids is 1. The lowest BCUT2D eigenvalue weighted by atomic mass is 10.1. The molecule has 1 heterocycles. The third-order valence-electron chi connectivity index (χ3n) is 2.13. The molecule has 0 radical (unpaired) electrons. The van der Waals surface area contributed by atoms with Crippen molar-refractivity contribution in [1.29, 1.82) is 0 Å². The van der Waals surface area contributed by atoms with Gasteiger partial charge in [0, 0.05) is 10.9 Å². The minimum atomic E-state index is -1.37. The molecule has 0 bridgehead atoms. The number of rotatable bonds is 1. The zero-order valence-corrected chi connectivity index (χ0v) is 8.51. The van der Waals surface area contributed by atoms with Gasteiger partial charge in [-0.3, -0.25) is 4.79 Å². The number of pyridine rings is 1. The summed E-state index contributed by atoms with van der Waals surface area (Å²) in [5.41, 5.74) is -0.869. The largest absolute Gasteiger partial charge is 0.478 e. The van der Waals surface area contributed by atoms with Crippen LogP contribution in [0.5, 0.6) is 0 Å². The first-order chi connectivity index (χ1) is 7.50. The predicted octanol–water partition coefficient (Wildman–Crippen LogP) is 2.02. The van der Waals surface area contributed by atoms with Crippen LogP contribution in [0.1, 0.15) is 10.4 Å². The average Bonchev–Trinajstić information content (AvgIpc) is 2.20. The maximum Gasteiger partial charge on any atom is 0.338 e. The van der Waals surface area contributed by atoms with Gasteiger partial charge in [0.1, 0.15) is 10.8 Å². The number of H-pyrrole nitrogens is 1. The van der Waals surface area contributed by atoms with Crippen LogP contribution in [0.2, 0.25) is 5.02 Å². The maximum atomic E-state index is 13.0. The van der Waals surface area contributed by atoms with Crippen LogP contribution in [-0.2, 0) is 0 Å². The molecule has 16 heavy (non-hydrogen) atoms. The van der Waals surface area contributed by atoms with E-state index in [1.165, 1.54) is 6.07 Å². The molecule has 4 nitrogen and oxygen atoms in total. The Balaban J connectivity index is 3.02. The summed E-state index contributed by atoms with van der Waals surface area (Å²) in [5.74, 6) is -1.97. The van der Waals surface area contributed by atoms with Crippen molar-refractivity contribution in [3.8, 4) is 0 Å². The first-order valence-corrected chi connectivity index (χ1v) is 4.63. The SMILES string of the molecule is O=C(O)c1c(Cl)c(=O)[nH]c2ccc(F)cc12. The predicted molar refractivity (Wildman–Crippen MR) is 56.5 cm³/mol. The van der Waals surface area contributed by atoms with Crippen molar-refractivity contribution in [2.45, 2.75) is 0 Å². The van der Waals surface area contributed by atoms with Gasteiger partial charge in [0.05, 0.1) is 5.56 Å². The van der Waals surface area contributed by atoms with Gasteiger partial charge in [-0.2, -0.15) is 0 Å². The summed E-state index contributed by atoms with van der Waals surface area (Å²) >= 11 is 5.57. The van der Waals surface area contributed by atoms with Crippen molar-refractivity contribution in [2.75, 3.05) is 0 Å². The van der Waals surface area contributed by atoms with Gasteiger partial charge < -0.3 is 10.1 Å². The molecule has 1 aromatic carbocycles. The second-order valence-electron chi connectivity index (χ2n) is 3.14. The summed E-state index contributed by atoms with van der Waals surface area (Å²) in [7, 11) is 0. The molecule has 1 aromatic heterocycles. The van der Waals surface area contributed by atoms with Gasteiger partial charge in [-0.1, -0.05) is 11.6 Å². The lowest BCUT2D eigenvalue weighted by molar-refractivity contribution is 0.0699. The summed E-state index contributed by atoms with van der Waals surface area (Å²) in [6.07, 6.45) is 0. The smallest absolute Gasteiger partial charge is 0.338 e. The lowest BCUT2D eigenvalue weighted by Crippen LogP contribution is -2.13. The first-order valence-electron chi connectivity index (χ1n) is 4.25. The molecule has 0 atom stereocenters. The topological polar surface area (TPSA) is 70.2 Å². The fraction of sp³-hybridized carbons (Fsp3) is 0. The number of carbonyl (C=O) groups is 1. The van der Waals surface area contributed by atoms with Crippen LogP contribution in [0.4, 0.5) is 4.39 Å². The third kappa shape index (κ3) is 1.55.